The number of amides is 2. The number of nitrogens with one attached hydrogen (secondary N) is 3. The number of morpholine rings is 1. The zero-order valence-corrected chi connectivity index (χ0v) is 24.4. The van der Waals surface area contributed by atoms with Crippen molar-refractivity contribution in [1.29, 1.82) is 0 Å². The van der Waals surface area contributed by atoms with E-state index < -0.39 is 5.91 Å². The molecule has 1 saturated heterocycles. The molecule has 224 valence electrons. The molecule has 0 bridgehead atoms. The largest absolute Gasteiger partial charge is 0.495 e. The Balaban J connectivity index is 1.24. The maximum Gasteiger partial charge on any atom is 0.251 e. The Kier molecular flexibility index (Phi) is 8.12. The Hall–Kier alpha value is -4.68. The van der Waals surface area contributed by atoms with Gasteiger partial charge in [-0.2, -0.15) is 9.97 Å². The highest BCUT2D eigenvalue weighted by Crippen LogP contribution is 2.35. The number of aromatic nitrogens is 3. The molecule has 0 aliphatic carbocycles. The van der Waals surface area contributed by atoms with Gasteiger partial charge in [-0.1, -0.05) is 12.1 Å². The lowest BCUT2D eigenvalue weighted by molar-refractivity contribution is -0.132. The quantitative estimate of drug-likeness (QED) is 0.232. The van der Waals surface area contributed by atoms with E-state index in [2.05, 4.69) is 25.5 Å². The molecule has 2 amide bonds. The van der Waals surface area contributed by atoms with Gasteiger partial charge in [-0.25, -0.2) is 0 Å². The second kappa shape index (κ2) is 12.3. The third-order valence-electron chi connectivity index (χ3n) is 8.07. The third-order valence-corrected chi connectivity index (χ3v) is 8.07. The number of nitrogens with two attached hydrogens (primary N) is 1. The number of primary amides is 1. The molecular formula is C31H36N8O4. The lowest BCUT2D eigenvalue weighted by atomic mass is 9.98. The number of aryl methyl sites for hydroxylation is 1. The number of hydrogen-bond acceptors (Lipinski definition) is 9. The van der Waals surface area contributed by atoms with Crippen LogP contribution in [0.25, 0.3) is 11.0 Å². The summed E-state index contributed by atoms with van der Waals surface area (Å²) in [7, 11) is 1.63. The summed E-state index contributed by atoms with van der Waals surface area (Å²) >= 11 is 0. The molecule has 0 radical (unpaired) electrons. The van der Waals surface area contributed by atoms with Crippen LogP contribution >= 0.6 is 0 Å². The van der Waals surface area contributed by atoms with E-state index in [1.54, 1.807) is 19.4 Å². The highest BCUT2D eigenvalue weighted by Gasteiger charge is 2.24. The van der Waals surface area contributed by atoms with E-state index in [4.69, 9.17) is 20.2 Å². The van der Waals surface area contributed by atoms with Crippen molar-refractivity contribution in [3.8, 4) is 5.75 Å². The zero-order chi connectivity index (χ0) is 29.9. The summed E-state index contributed by atoms with van der Waals surface area (Å²) in [6.07, 6.45) is 3.03. The summed E-state index contributed by atoms with van der Waals surface area (Å²) in [4.78, 5) is 42.1. The van der Waals surface area contributed by atoms with E-state index in [1.165, 1.54) is 0 Å². The number of anilines is 4. The maximum absolute atomic E-state index is 13.1. The monoisotopic (exact) mass is 584 g/mol. The van der Waals surface area contributed by atoms with Gasteiger partial charge < -0.3 is 35.7 Å². The molecule has 6 rings (SSSR count). The molecule has 12 nitrogen and oxygen atoms in total. The zero-order valence-electron chi connectivity index (χ0n) is 24.4. The molecule has 0 spiro atoms. The first-order valence-electron chi connectivity index (χ1n) is 14.5. The topological polar surface area (TPSA) is 151 Å². The molecule has 0 saturated carbocycles. The summed E-state index contributed by atoms with van der Waals surface area (Å²) in [5.41, 5.74) is 10.9. The van der Waals surface area contributed by atoms with Gasteiger partial charge in [0, 0.05) is 45.3 Å². The van der Waals surface area contributed by atoms with Crippen LogP contribution in [0.4, 0.5) is 23.1 Å². The van der Waals surface area contributed by atoms with Gasteiger partial charge in [0.15, 0.2) is 0 Å². The van der Waals surface area contributed by atoms with Crippen LogP contribution < -0.4 is 21.1 Å². The van der Waals surface area contributed by atoms with Crippen molar-refractivity contribution in [3.05, 3.63) is 64.8 Å². The summed E-state index contributed by atoms with van der Waals surface area (Å²) < 4.78 is 11.1. The second-order valence-electron chi connectivity index (χ2n) is 10.8. The Morgan fingerprint density at radius 2 is 1.91 bits per heavy atom. The van der Waals surface area contributed by atoms with E-state index in [0.29, 0.717) is 59.6 Å². The summed E-state index contributed by atoms with van der Waals surface area (Å²) in [6.45, 7) is 6.99. The molecule has 2 aliphatic heterocycles. The molecule has 12 heteroatoms. The number of H-pyrrole nitrogens is 1. The highest BCUT2D eigenvalue weighted by molar-refractivity contribution is 6.02. The number of rotatable bonds is 9. The average Bonchev–Trinajstić information content (AvgIpc) is 3.49. The molecule has 43 heavy (non-hydrogen) atoms. The van der Waals surface area contributed by atoms with E-state index in [0.717, 1.165) is 61.3 Å². The molecule has 0 atom stereocenters. The van der Waals surface area contributed by atoms with Crippen molar-refractivity contribution in [2.45, 2.75) is 26.3 Å². The fraction of sp³-hybridized carbons (Fsp3) is 0.355. The van der Waals surface area contributed by atoms with E-state index in [-0.39, 0.29) is 5.91 Å². The van der Waals surface area contributed by atoms with Crippen molar-refractivity contribution < 1.29 is 19.1 Å². The van der Waals surface area contributed by atoms with Gasteiger partial charge in [0.05, 0.1) is 42.6 Å². The van der Waals surface area contributed by atoms with Crippen LogP contribution in [0.1, 0.15) is 33.5 Å². The minimum atomic E-state index is -0.522. The summed E-state index contributed by atoms with van der Waals surface area (Å²) in [5.74, 6) is 1.13. The second-order valence-corrected chi connectivity index (χ2v) is 10.8. The predicted molar refractivity (Wildman–Crippen MR) is 164 cm³/mol. The fourth-order valence-electron chi connectivity index (χ4n) is 5.74. The Bertz CT molecular complexity index is 1660. The van der Waals surface area contributed by atoms with Gasteiger partial charge in [-0.3, -0.25) is 14.5 Å². The number of carbonyl (C=O) groups is 2. The predicted octanol–water partition coefficient (Wildman–Crippen LogP) is 3.47. The van der Waals surface area contributed by atoms with Crippen LogP contribution in [-0.2, 0) is 22.5 Å². The molecule has 4 aromatic rings. The highest BCUT2D eigenvalue weighted by atomic mass is 16.5. The number of ether oxygens (including phenoxy) is 2. The van der Waals surface area contributed by atoms with Gasteiger partial charge >= 0.3 is 0 Å². The van der Waals surface area contributed by atoms with E-state index in [1.807, 2.05) is 42.2 Å². The molecule has 1 fully saturated rings. The van der Waals surface area contributed by atoms with Gasteiger partial charge in [-0.05, 0) is 54.3 Å². The molecule has 2 aromatic carbocycles. The number of fused-ring (bicyclic) bond motifs is 2. The van der Waals surface area contributed by atoms with Gasteiger partial charge in [0.2, 0.25) is 11.9 Å². The third kappa shape index (κ3) is 6.11. The summed E-state index contributed by atoms with van der Waals surface area (Å²) in [6, 6.07) is 11.4. The first-order valence-corrected chi connectivity index (χ1v) is 14.5. The van der Waals surface area contributed by atoms with Crippen molar-refractivity contribution >= 4 is 46.0 Å². The van der Waals surface area contributed by atoms with Crippen LogP contribution in [0.15, 0.2) is 42.6 Å². The molecule has 5 N–H and O–H groups in total. The van der Waals surface area contributed by atoms with Crippen molar-refractivity contribution in [3.63, 3.8) is 0 Å². The normalized spacial score (nSPS) is 15.3. The minimum absolute atomic E-state index is 0.158. The maximum atomic E-state index is 13.1. The van der Waals surface area contributed by atoms with Crippen molar-refractivity contribution in [2.24, 2.45) is 5.73 Å². The Morgan fingerprint density at radius 3 is 2.70 bits per heavy atom. The van der Waals surface area contributed by atoms with Crippen LogP contribution in [0, 0.1) is 6.92 Å². The minimum Gasteiger partial charge on any atom is -0.495 e. The lowest BCUT2D eigenvalue weighted by Gasteiger charge is -2.31. The van der Waals surface area contributed by atoms with Gasteiger partial charge in [0.25, 0.3) is 5.91 Å². The van der Waals surface area contributed by atoms with Crippen LogP contribution in [-0.4, -0.2) is 83.1 Å². The van der Waals surface area contributed by atoms with Crippen molar-refractivity contribution in [2.75, 3.05) is 57.1 Å². The number of hydrogen-bond donors (Lipinski definition) is 4. The number of aromatic amines is 1. The molecule has 2 aromatic heterocycles. The molecule has 0 unspecified atom stereocenters. The van der Waals surface area contributed by atoms with Crippen LogP contribution in [0.5, 0.6) is 5.75 Å². The first-order chi connectivity index (χ1) is 20.9. The van der Waals surface area contributed by atoms with Gasteiger partial charge in [-0.15, -0.1) is 0 Å². The smallest absolute Gasteiger partial charge is 0.251 e. The standard InChI is InChI=1S/C31H36N8O4/c1-19-4-3-5-23(27(19)28(32)41)34-30-22-6-9-33-29(22)36-31(37-30)35-24-16-21-18-39(11-7-20(21)17-25(24)42-2)26(40)8-10-38-12-14-43-15-13-38/h3-6,9,16-17H,7-8,10-15,18H2,1-2H3,(H2,32,41)(H3,33,34,35,36,37). The molecule has 4 heterocycles. The van der Waals surface area contributed by atoms with E-state index >= 15 is 0 Å². The summed E-state index contributed by atoms with van der Waals surface area (Å²) in [5, 5.41) is 7.36. The first kappa shape index (κ1) is 28.4. The Labute approximate surface area is 249 Å². The number of carbonyl (C=O) groups excluding carboxylic acids is 2. The average molecular weight is 585 g/mol. The fourth-order valence-corrected chi connectivity index (χ4v) is 5.74. The molecule has 2 aliphatic rings. The number of nitrogens with zero attached hydrogens (tertiary/aromatic N) is 4. The number of benzene rings is 2. The van der Waals surface area contributed by atoms with Crippen molar-refractivity contribution in [1.82, 2.24) is 24.8 Å². The SMILES string of the molecule is COc1cc2c(cc1Nc1nc(Nc3cccc(C)c3C(N)=O)c3cc[nH]c3n1)CN(C(=O)CCN1CCOCC1)CC2. The molecular weight excluding hydrogens is 548 g/mol. The number of methoxy groups -OCH3 is 1. The lowest BCUT2D eigenvalue weighted by Crippen LogP contribution is -2.41. The van der Waals surface area contributed by atoms with Gasteiger partial charge in [0.1, 0.15) is 17.2 Å². The van der Waals surface area contributed by atoms with E-state index in [9.17, 15) is 9.59 Å². The Morgan fingerprint density at radius 1 is 1.07 bits per heavy atom. The van der Waals surface area contributed by atoms with Crippen LogP contribution in [0.3, 0.4) is 0 Å². The van der Waals surface area contributed by atoms with Crippen LogP contribution in [0.2, 0.25) is 0 Å².